The molecule has 19 heavy (non-hydrogen) atoms. The summed E-state index contributed by atoms with van der Waals surface area (Å²) in [7, 11) is 0. The third-order valence-corrected chi connectivity index (χ3v) is 2.49. The summed E-state index contributed by atoms with van der Waals surface area (Å²) < 4.78 is 4.35. The molecule has 0 atom stereocenters. The fourth-order valence-electron chi connectivity index (χ4n) is 1.57. The van der Waals surface area contributed by atoms with Crippen molar-refractivity contribution in [2.75, 3.05) is 0 Å². The van der Waals surface area contributed by atoms with Gasteiger partial charge < -0.3 is 4.74 Å². The van der Waals surface area contributed by atoms with Crippen molar-refractivity contribution in [2.45, 2.75) is 0 Å². The second kappa shape index (κ2) is 5.65. The lowest BCUT2D eigenvalue weighted by atomic mass is 10.1. The van der Waals surface area contributed by atoms with Gasteiger partial charge in [-0.25, -0.2) is 9.59 Å². The molecule has 1 aliphatic heterocycles. The van der Waals surface area contributed by atoms with Crippen LogP contribution in [0.4, 0.5) is 0 Å². The number of carbonyl (C=O) groups excluding carboxylic acids is 2. The Morgan fingerprint density at radius 3 is 1.68 bits per heavy atom. The Bertz CT molecular complexity index is 618. The minimum Gasteiger partial charge on any atom is -0.386 e. The van der Waals surface area contributed by atoms with Gasteiger partial charge in [0.15, 0.2) is 0 Å². The van der Waals surface area contributed by atoms with Crippen LogP contribution in [0, 0.1) is 12.3 Å². The zero-order chi connectivity index (χ0) is 13.7. The lowest BCUT2D eigenvalue weighted by Crippen LogP contribution is -1.96. The summed E-state index contributed by atoms with van der Waals surface area (Å²) in [6.07, 6.45) is 5.10. The van der Waals surface area contributed by atoms with Gasteiger partial charge in [0, 0.05) is 5.56 Å². The number of hydrogen-bond acceptors (Lipinski definition) is 3. The molecule has 2 aromatic carbocycles. The summed E-state index contributed by atoms with van der Waals surface area (Å²) in [6.45, 7) is 0. The molecule has 1 heterocycles. The first-order chi connectivity index (χ1) is 9.22. The first-order valence-corrected chi connectivity index (χ1v) is 5.59. The Morgan fingerprint density at radius 2 is 1.26 bits per heavy atom. The number of cyclic esters (lactones) is 2. The normalized spacial score (nSPS) is 11.7. The number of rotatable bonds is 0. The number of hydrogen-bond donors (Lipinski definition) is 0. The fourth-order valence-corrected chi connectivity index (χ4v) is 1.57. The van der Waals surface area contributed by atoms with E-state index in [4.69, 9.17) is 6.42 Å². The Morgan fingerprint density at radius 1 is 0.789 bits per heavy atom. The molecule has 0 saturated heterocycles. The van der Waals surface area contributed by atoms with E-state index < -0.39 is 11.9 Å². The molecule has 3 rings (SSSR count). The van der Waals surface area contributed by atoms with Gasteiger partial charge in [-0.3, -0.25) is 0 Å². The van der Waals surface area contributed by atoms with Gasteiger partial charge in [0.05, 0.1) is 11.1 Å². The van der Waals surface area contributed by atoms with Crippen LogP contribution in [0.5, 0.6) is 0 Å². The van der Waals surface area contributed by atoms with Gasteiger partial charge in [-0.05, 0) is 24.3 Å². The van der Waals surface area contributed by atoms with Gasteiger partial charge >= 0.3 is 11.9 Å². The highest BCUT2D eigenvalue weighted by Gasteiger charge is 2.28. The predicted octanol–water partition coefficient (Wildman–Crippen LogP) is 2.67. The summed E-state index contributed by atoms with van der Waals surface area (Å²) in [5.41, 5.74) is 1.66. The molecule has 0 unspecified atom stereocenters. The van der Waals surface area contributed by atoms with Crippen molar-refractivity contribution in [3.05, 3.63) is 71.3 Å². The van der Waals surface area contributed by atoms with Crippen LogP contribution in [-0.2, 0) is 4.74 Å². The minimum absolute atomic E-state index is 0.359. The maximum atomic E-state index is 10.8. The van der Waals surface area contributed by atoms with Crippen LogP contribution < -0.4 is 0 Å². The number of fused-ring (bicyclic) bond motifs is 1. The van der Waals surface area contributed by atoms with Crippen molar-refractivity contribution < 1.29 is 14.3 Å². The summed E-state index contributed by atoms with van der Waals surface area (Å²) in [4.78, 5) is 21.7. The second-order valence-electron chi connectivity index (χ2n) is 3.73. The fraction of sp³-hybridized carbons (Fsp3) is 0. The van der Waals surface area contributed by atoms with Crippen LogP contribution in [0.1, 0.15) is 26.3 Å². The molecule has 0 aliphatic carbocycles. The second-order valence-corrected chi connectivity index (χ2v) is 3.73. The van der Waals surface area contributed by atoms with Gasteiger partial charge in [0.1, 0.15) is 0 Å². The van der Waals surface area contributed by atoms with E-state index in [2.05, 4.69) is 10.7 Å². The molecule has 2 aromatic rings. The Labute approximate surface area is 110 Å². The Balaban J connectivity index is 0.000000148. The molecule has 0 aromatic heterocycles. The topological polar surface area (TPSA) is 43.4 Å². The first-order valence-electron chi connectivity index (χ1n) is 5.59. The molecule has 0 amide bonds. The summed E-state index contributed by atoms with van der Waals surface area (Å²) in [5.74, 6) is 1.43. The van der Waals surface area contributed by atoms with E-state index >= 15 is 0 Å². The van der Waals surface area contributed by atoms with E-state index in [9.17, 15) is 9.59 Å². The standard InChI is InChI=1S/C8H4O3.C8H6/c9-7-5-3-1-2-4-6(5)8(10)11-7;1-2-8-6-4-3-5-7-8/h1-4H;1,3-7H. The van der Waals surface area contributed by atoms with Gasteiger partial charge in [0.25, 0.3) is 0 Å². The lowest BCUT2D eigenvalue weighted by molar-refractivity contribution is 0.0444. The summed E-state index contributed by atoms with van der Waals surface area (Å²) >= 11 is 0. The van der Waals surface area contributed by atoms with E-state index in [1.807, 2.05) is 30.3 Å². The Kier molecular flexibility index (Phi) is 3.75. The molecule has 3 nitrogen and oxygen atoms in total. The van der Waals surface area contributed by atoms with E-state index in [-0.39, 0.29) is 0 Å². The van der Waals surface area contributed by atoms with Gasteiger partial charge in [-0.2, -0.15) is 0 Å². The van der Waals surface area contributed by atoms with E-state index in [0.29, 0.717) is 11.1 Å². The van der Waals surface area contributed by atoms with E-state index in [1.54, 1.807) is 24.3 Å². The molecule has 92 valence electrons. The van der Waals surface area contributed by atoms with Crippen molar-refractivity contribution in [1.29, 1.82) is 0 Å². The molecule has 0 spiro atoms. The number of ether oxygens (including phenoxy) is 1. The number of terminal acetylenes is 1. The highest BCUT2D eigenvalue weighted by molar-refractivity contribution is 6.14. The SMILES string of the molecule is C#Cc1ccccc1.O=C1OC(=O)c2ccccc21. The third-order valence-electron chi connectivity index (χ3n) is 2.49. The van der Waals surface area contributed by atoms with Crippen LogP contribution in [-0.4, -0.2) is 11.9 Å². The monoisotopic (exact) mass is 250 g/mol. The Hall–Kier alpha value is -2.86. The quantitative estimate of drug-likeness (QED) is 0.410. The van der Waals surface area contributed by atoms with Crippen LogP contribution >= 0.6 is 0 Å². The highest BCUT2D eigenvalue weighted by Crippen LogP contribution is 2.18. The predicted molar refractivity (Wildman–Crippen MR) is 70.6 cm³/mol. The molecule has 0 N–H and O–H groups in total. The first kappa shape index (κ1) is 12.6. The van der Waals surface area contributed by atoms with E-state index in [0.717, 1.165) is 5.56 Å². The zero-order valence-electron chi connectivity index (χ0n) is 10.00. The zero-order valence-corrected chi connectivity index (χ0v) is 10.00. The number of carbonyl (C=O) groups is 2. The molecule has 3 heteroatoms. The van der Waals surface area contributed by atoms with E-state index in [1.165, 1.54) is 0 Å². The minimum atomic E-state index is -0.550. The van der Waals surface area contributed by atoms with Crippen molar-refractivity contribution in [2.24, 2.45) is 0 Å². The molecular formula is C16H10O3. The molecule has 0 saturated carbocycles. The maximum absolute atomic E-state index is 10.8. The maximum Gasteiger partial charge on any atom is 0.346 e. The third kappa shape index (κ3) is 2.88. The lowest BCUT2D eigenvalue weighted by Gasteiger charge is -1.86. The largest absolute Gasteiger partial charge is 0.386 e. The van der Waals surface area contributed by atoms with Crippen LogP contribution in [0.2, 0.25) is 0 Å². The summed E-state index contributed by atoms with van der Waals surface area (Å²) in [6, 6.07) is 16.1. The van der Waals surface area contributed by atoms with Gasteiger partial charge in [-0.1, -0.05) is 36.3 Å². The van der Waals surface area contributed by atoms with Crippen LogP contribution in [0.15, 0.2) is 54.6 Å². The number of benzene rings is 2. The average Bonchev–Trinajstić information content (AvgIpc) is 2.76. The van der Waals surface area contributed by atoms with Crippen molar-refractivity contribution in [3.8, 4) is 12.3 Å². The van der Waals surface area contributed by atoms with Crippen molar-refractivity contribution in [1.82, 2.24) is 0 Å². The highest BCUT2D eigenvalue weighted by atomic mass is 16.6. The van der Waals surface area contributed by atoms with Crippen molar-refractivity contribution in [3.63, 3.8) is 0 Å². The smallest absolute Gasteiger partial charge is 0.346 e. The molecule has 0 bridgehead atoms. The molecular weight excluding hydrogens is 240 g/mol. The molecule has 0 radical (unpaired) electrons. The van der Waals surface area contributed by atoms with Gasteiger partial charge in [0.2, 0.25) is 0 Å². The molecule has 1 aliphatic rings. The van der Waals surface area contributed by atoms with Crippen molar-refractivity contribution >= 4 is 11.9 Å². The van der Waals surface area contributed by atoms with Crippen LogP contribution in [0.25, 0.3) is 0 Å². The molecule has 0 fully saturated rings. The van der Waals surface area contributed by atoms with Crippen LogP contribution in [0.3, 0.4) is 0 Å². The summed E-state index contributed by atoms with van der Waals surface area (Å²) in [5, 5.41) is 0. The van der Waals surface area contributed by atoms with Gasteiger partial charge in [-0.15, -0.1) is 6.42 Å². The average molecular weight is 250 g/mol. The number of esters is 2.